The van der Waals surface area contributed by atoms with Crippen LogP contribution in [-0.4, -0.2) is 41.6 Å². The van der Waals surface area contributed by atoms with Crippen molar-refractivity contribution >= 4 is 41.1 Å². The van der Waals surface area contributed by atoms with E-state index in [4.69, 9.17) is 23.2 Å². The number of nitrogens with one attached hydrogen (secondary N) is 3. The van der Waals surface area contributed by atoms with E-state index in [2.05, 4.69) is 16.0 Å². The highest BCUT2D eigenvalue weighted by Gasteiger charge is 2.40. The van der Waals surface area contributed by atoms with Crippen molar-refractivity contribution in [3.05, 3.63) is 33.8 Å². The second-order valence-electron chi connectivity index (χ2n) is 7.10. The van der Waals surface area contributed by atoms with Crippen molar-refractivity contribution in [3.8, 4) is 0 Å². The molecular formula is C18H21Cl2N3O4. The van der Waals surface area contributed by atoms with Gasteiger partial charge in [-0.3, -0.25) is 4.79 Å². The maximum Gasteiger partial charge on any atom is 0.328 e. The van der Waals surface area contributed by atoms with Crippen molar-refractivity contribution in [2.45, 2.75) is 37.8 Å². The topological polar surface area (TPSA) is 108 Å². The molecule has 0 spiro atoms. The van der Waals surface area contributed by atoms with Crippen molar-refractivity contribution in [3.63, 3.8) is 0 Å². The van der Waals surface area contributed by atoms with E-state index in [1.54, 1.807) is 6.07 Å². The highest BCUT2D eigenvalue weighted by atomic mass is 35.5. The average Bonchev–Trinajstić information content (AvgIpc) is 3.21. The Hall–Kier alpha value is -1.99. The minimum atomic E-state index is -1.31. The van der Waals surface area contributed by atoms with E-state index in [-0.39, 0.29) is 28.2 Å². The first-order valence-electron chi connectivity index (χ1n) is 8.87. The lowest BCUT2D eigenvalue weighted by Gasteiger charge is -2.23. The van der Waals surface area contributed by atoms with Gasteiger partial charge < -0.3 is 21.1 Å². The quantitative estimate of drug-likeness (QED) is 0.574. The molecule has 27 heavy (non-hydrogen) atoms. The van der Waals surface area contributed by atoms with Crippen LogP contribution in [0.2, 0.25) is 10.0 Å². The fourth-order valence-electron chi connectivity index (χ4n) is 3.98. The number of urea groups is 1. The number of fused-ring (bicyclic) bond motifs is 2. The minimum absolute atomic E-state index is 0.00137. The van der Waals surface area contributed by atoms with E-state index in [1.807, 2.05) is 0 Å². The van der Waals surface area contributed by atoms with Crippen molar-refractivity contribution in [1.29, 1.82) is 0 Å². The standard InChI is InChI=1S/C18H21Cl2N3O4/c19-11-2-1-3-12(20)15(11)16(24)22-14(17(25)26)8-21-18(27)23-13-7-9-4-5-10(13)6-9/h1-3,9-10,13-14H,4-8H2,(H,22,24)(H,25,26)(H2,21,23,27)/t9?,10?,13?,14-/m0/s1. The third-order valence-corrected chi connectivity index (χ3v) is 5.94. The number of carboxylic acid groups (broad SMARTS) is 1. The zero-order chi connectivity index (χ0) is 19.6. The van der Waals surface area contributed by atoms with Gasteiger partial charge in [0, 0.05) is 6.04 Å². The van der Waals surface area contributed by atoms with Crippen LogP contribution < -0.4 is 16.0 Å². The summed E-state index contributed by atoms with van der Waals surface area (Å²) in [6.45, 7) is -0.254. The highest BCUT2D eigenvalue weighted by molar-refractivity contribution is 6.39. The van der Waals surface area contributed by atoms with Crippen LogP contribution >= 0.6 is 23.2 Å². The molecule has 4 N–H and O–H groups in total. The van der Waals surface area contributed by atoms with E-state index >= 15 is 0 Å². The zero-order valence-electron chi connectivity index (χ0n) is 14.5. The Morgan fingerprint density at radius 2 is 1.85 bits per heavy atom. The van der Waals surface area contributed by atoms with Gasteiger partial charge in [0.25, 0.3) is 5.91 Å². The van der Waals surface area contributed by atoms with Gasteiger partial charge in [-0.05, 0) is 43.2 Å². The normalized spacial score (nSPS) is 24.3. The van der Waals surface area contributed by atoms with Gasteiger partial charge in [0.05, 0.1) is 22.2 Å². The molecule has 0 saturated heterocycles. The molecule has 3 rings (SSSR count). The van der Waals surface area contributed by atoms with E-state index in [0.717, 1.165) is 19.3 Å². The number of halogens is 2. The van der Waals surface area contributed by atoms with Gasteiger partial charge in [-0.15, -0.1) is 0 Å². The summed E-state index contributed by atoms with van der Waals surface area (Å²) in [6.07, 6.45) is 4.48. The number of hydrogen-bond donors (Lipinski definition) is 4. The maximum atomic E-state index is 12.3. The Morgan fingerprint density at radius 1 is 1.15 bits per heavy atom. The molecule has 2 aliphatic rings. The number of hydrogen-bond acceptors (Lipinski definition) is 3. The average molecular weight is 414 g/mol. The van der Waals surface area contributed by atoms with E-state index in [0.29, 0.717) is 11.8 Å². The second-order valence-corrected chi connectivity index (χ2v) is 7.91. The Morgan fingerprint density at radius 3 is 2.41 bits per heavy atom. The number of amides is 3. The summed E-state index contributed by atoms with van der Waals surface area (Å²) in [5.74, 6) is -0.787. The van der Waals surface area contributed by atoms with Gasteiger partial charge in [-0.1, -0.05) is 35.7 Å². The van der Waals surface area contributed by atoms with Gasteiger partial charge in [0.1, 0.15) is 6.04 Å². The molecule has 2 bridgehead atoms. The lowest BCUT2D eigenvalue weighted by molar-refractivity contribution is -0.139. The third-order valence-electron chi connectivity index (χ3n) is 5.31. The van der Waals surface area contributed by atoms with Crippen LogP contribution in [0.5, 0.6) is 0 Å². The molecule has 3 amide bonds. The lowest BCUT2D eigenvalue weighted by atomic mass is 9.95. The number of carbonyl (C=O) groups excluding carboxylic acids is 2. The molecule has 2 aliphatic carbocycles. The fourth-order valence-corrected chi connectivity index (χ4v) is 4.55. The summed E-state index contributed by atoms with van der Waals surface area (Å²) in [7, 11) is 0. The number of carbonyl (C=O) groups is 3. The van der Waals surface area contributed by atoms with Crippen molar-refractivity contribution in [2.75, 3.05) is 6.54 Å². The van der Waals surface area contributed by atoms with Gasteiger partial charge in [0.15, 0.2) is 0 Å². The molecule has 0 heterocycles. The second kappa shape index (κ2) is 8.35. The minimum Gasteiger partial charge on any atom is -0.480 e. The Bertz CT molecular complexity index is 738. The van der Waals surface area contributed by atoms with Crippen molar-refractivity contribution in [1.82, 2.24) is 16.0 Å². The summed E-state index contributed by atoms with van der Waals surface area (Å²) in [5.41, 5.74) is -0.00137. The molecule has 3 unspecified atom stereocenters. The predicted molar refractivity (Wildman–Crippen MR) is 101 cm³/mol. The molecule has 7 nitrogen and oxygen atoms in total. The van der Waals surface area contributed by atoms with Crippen LogP contribution in [0, 0.1) is 11.8 Å². The van der Waals surface area contributed by atoms with Gasteiger partial charge in [-0.2, -0.15) is 0 Å². The summed E-state index contributed by atoms with van der Waals surface area (Å²) in [4.78, 5) is 35.9. The van der Waals surface area contributed by atoms with Crippen LogP contribution in [0.25, 0.3) is 0 Å². The lowest BCUT2D eigenvalue weighted by Crippen LogP contribution is -2.52. The molecule has 1 aromatic carbocycles. The smallest absolute Gasteiger partial charge is 0.328 e. The monoisotopic (exact) mass is 413 g/mol. The number of aliphatic carboxylic acids is 1. The maximum absolute atomic E-state index is 12.3. The summed E-state index contributed by atoms with van der Waals surface area (Å²) < 4.78 is 0. The molecule has 1 aromatic rings. The van der Waals surface area contributed by atoms with E-state index in [1.165, 1.54) is 18.6 Å². The summed E-state index contributed by atoms with van der Waals surface area (Å²) in [6, 6.07) is 2.96. The Labute approximate surface area is 166 Å². The summed E-state index contributed by atoms with van der Waals surface area (Å²) >= 11 is 11.9. The number of benzene rings is 1. The molecule has 4 atom stereocenters. The SMILES string of the molecule is O=C(NC[C@H](NC(=O)c1c(Cl)cccc1Cl)C(=O)O)NC1CC2CCC1C2. The number of carboxylic acids is 1. The largest absolute Gasteiger partial charge is 0.480 e. The molecule has 2 fully saturated rings. The first-order valence-corrected chi connectivity index (χ1v) is 9.62. The predicted octanol–water partition coefficient (Wildman–Crippen LogP) is 2.66. The fraction of sp³-hybridized carbons (Fsp3) is 0.500. The van der Waals surface area contributed by atoms with Crippen LogP contribution in [-0.2, 0) is 4.79 Å². The van der Waals surface area contributed by atoms with E-state index < -0.39 is 23.9 Å². The molecule has 0 aromatic heterocycles. The van der Waals surface area contributed by atoms with Crippen molar-refractivity contribution < 1.29 is 19.5 Å². The van der Waals surface area contributed by atoms with E-state index in [9.17, 15) is 19.5 Å². The highest BCUT2D eigenvalue weighted by Crippen LogP contribution is 2.44. The molecule has 0 aliphatic heterocycles. The molecular weight excluding hydrogens is 393 g/mol. The van der Waals surface area contributed by atoms with Gasteiger partial charge in [0.2, 0.25) is 0 Å². The third kappa shape index (κ3) is 4.65. The van der Waals surface area contributed by atoms with Crippen LogP contribution in [0.15, 0.2) is 18.2 Å². The van der Waals surface area contributed by atoms with Crippen molar-refractivity contribution in [2.24, 2.45) is 11.8 Å². The molecule has 2 saturated carbocycles. The number of rotatable bonds is 6. The van der Waals surface area contributed by atoms with Crippen LogP contribution in [0.4, 0.5) is 4.79 Å². The van der Waals surface area contributed by atoms with Crippen LogP contribution in [0.1, 0.15) is 36.0 Å². The Balaban J connectivity index is 1.54. The first kappa shape index (κ1) is 19.8. The summed E-state index contributed by atoms with van der Waals surface area (Å²) in [5, 5.41) is 17.3. The zero-order valence-corrected chi connectivity index (χ0v) is 16.0. The molecule has 146 valence electrons. The molecule has 9 heteroatoms. The van der Waals surface area contributed by atoms with Crippen LogP contribution in [0.3, 0.4) is 0 Å². The Kier molecular flexibility index (Phi) is 6.11. The van der Waals surface area contributed by atoms with Gasteiger partial charge in [-0.25, -0.2) is 9.59 Å². The first-order chi connectivity index (χ1) is 12.8. The molecule has 0 radical (unpaired) electrons. The van der Waals surface area contributed by atoms with Gasteiger partial charge >= 0.3 is 12.0 Å².